The van der Waals surface area contributed by atoms with Crippen LogP contribution in [0.5, 0.6) is 0 Å². The van der Waals surface area contributed by atoms with Crippen molar-refractivity contribution in [1.82, 2.24) is 0 Å². The molecule has 9 heteroatoms. The number of aliphatic hydroxyl groups excluding tert-OH is 2. The lowest BCUT2D eigenvalue weighted by Crippen LogP contribution is -2.45. The Morgan fingerprint density at radius 2 is 1.42 bits per heavy atom. The Morgan fingerprint density at radius 1 is 0.935 bits per heavy atom. The molecule has 0 amide bonds. The van der Waals surface area contributed by atoms with Gasteiger partial charge in [0.15, 0.2) is 11.9 Å². The molecular formula is C22H47NO7P+. The zero-order valence-corrected chi connectivity index (χ0v) is 21.0. The van der Waals surface area contributed by atoms with E-state index in [1.165, 1.54) is 51.4 Å². The summed E-state index contributed by atoms with van der Waals surface area (Å²) in [5.41, 5.74) is 0. The highest BCUT2D eigenvalue weighted by Gasteiger charge is 2.34. The number of hydrogen-bond donors (Lipinski definition) is 3. The van der Waals surface area contributed by atoms with Crippen molar-refractivity contribution < 1.29 is 38.0 Å². The molecule has 3 unspecified atom stereocenters. The van der Waals surface area contributed by atoms with E-state index in [-0.39, 0.29) is 12.3 Å². The molecule has 0 aromatic heterocycles. The van der Waals surface area contributed by atoms with E-state index in [1.54, 1.807) is 0 Å². The van der Waals surface area contributed by atoms with Crippen LogP contribution in [0.1, 0.15) is 84.0 Å². The Morgan fingerprint density at radius 3 is 1.87 bits per heavy atom. The fourth-order valence-corrected chi connectivity index (χ4v) is 4.17. The summed E-state index contributed by atoms with van der Waals surface area (Å²) in [5, 5.41) is 18.1. The second kappa shape index (κ2) is 17.2. The Hall–Kier alpha value is -0.340. The number of aliphatic hydroxyl groups is 2. The second-order valence-electron chi connectivity index (χ2n) is 9.42. The highest BCUT2D eigenvalue weighted by molar-refractivity contribution is 7.47. The Bertz CT molecular complexity index is 511. The summed E-state index contributed by atoms with van der Waals surface area (Å²) in [6, 6.07) is 0. The molecule has 3 atom stereocenters. The van der Waals surface area contributed by atoms with Crippen molar-refractivity contribution >= 4 is 13.6 Å². The molecule has 0 aliphatic carbocycles. The molecule has 0 fully saturated rings. The van der Waals surface area contributed by atoms with Crippen molar-refractivity contribution in [2.75, 3.05) is 40.9 Å². The van der Waals surface area contributed by atoms with Gasteiger partial charge in [0, 0.05) is 6.42 Å². The fraction of sp³-hybridized carbons (Fsp3) is 0.955. The second-order valence-corrected chi connectivity index (χ2v) is 10.8. The number of ketones is 1. The summed E-state index contributed by atoms with van der Waals surface area (Å²) < 4.78 is 22.4. The summed E-state index contributed by atoms with van der Waals surface area (Å²) >= 11 is 0. The van der Waals surface area contributed by atoms with Gasteiger partial charge in [-0.1, -0.05) is 71.1 Å². The van der Waals surface area contributed by atoms with E-state index < -0.39 is 33.2 Å². The molecule has 0 saturated heterocycles. The van der Waals surface area contributed by atoms with Crippen molar-refractivity contribution in [2.45, 2.75) is 96.2 Å². The summed E-state index contributed by atoms with van der Waals surface area (Å²) in [7, 11) is 1.07. The number of carbonyl (C=O) groups excluding carboxylic acids is 1. The summed E-state index contributed by atoms with van der Waals surface area (Å²) in [5.74, 6) is -0.218. The lowest BCUT2D eigenvalue weighted by Gasteiger charge is -2.29. The van der Waals surface area contributed by atoms with Crippen LogP contribution in [-0.4, -0.2) is 78.5 Å². The van der Waals surface area contributed by atoms with Crippen LogP contribution in [0.2, 0.25) is 0 Å². The smallest absolute Gasteiger partial charge is 0.394 e. The number of phosphoric acid groups is 1. The van der Waals surface area contributed by atoms with Crippen molar-refractivity contribution in [1.29, 1.82) is 0 Å². The number of phosphoric ester groups is 1. The molecule has 0 aromatic carbocycles. The average Bonchev–Trinajstić information content (AvgIpc) is 2.68. The van der Waals surface area contributed by atoms with Gasteiger partial charge in [-0.15, -0.1) is 0 Å². The van der Waals surface area contributed by atoms with Gasteiger partial charge in [0.25, 0.3) is 0 Å². The molecule has 31 heavy (non-hydrogen) atoms. The van der Waals surface area contributed by atoms with Gasteiger partial charge in [0.2, 0.25) is 0 Å². The number of unbranched alkanes of at least 4 members (excludes halogenated alkanes) is 10. The summed E-state index contributed by atoms with van der Waals surface area (Å²) in [4.78, 5) is 22.5. The molecule has 0 bridgehead atoms. The first kappa shape index (κ1) is 30.7. The van der Waals surface area contributed by atoms with E-state index in [1.807, 2.05) is 21.1 Å². The average molecular weight is 469 g/mol. The van der Waals surface area contributed by atoms with Crippen LogP contribution < -0.4 is 0 Å². The van der Waals surface area contributed by atoms with E-state index in [4.69, 9.17) is 14.2 Å². The lowest BCUT2D eigenvalue weighted by molar-refractivity contribution is -0.872. The molecule has 0 aromatic rings. The summed E-state index contributed by atoms with van der Waals surface area (Å²) in [6.45, 7) is 1.31. The highest BCUT2D eigenvalue weighted by Crippen LogP contribution is 2.45. The van der Waals surface area contributed by atoms with E-state index in [0.717, 1.165) is 19.3 Å². The number of quaternary nitrogens is 1. The number of carbonyl (C=O) groups is 1. The van der Waals surface area contributed by atoms with E-state index in [2.05, 4.69) is 6.92 Å². The maximum absolute atomic E-state index is 12.6. The third kappa shape index (κ3) is 18.9. The Labute approximate surface area is 189 Å². The van der Waals surface area contributed by atoms with Gasteiger partial charge in [0.1, 0.15) is 12.6 Å². The third-order valence-corrected chi connectivity index (χ3v) is 6.00. The molecule has 0 aliphatic rings. The number of likely N-dealkylation sites (N-methyl/N-ethyl adjacent to an activating group) is 1. The van der Waals surface area contributed by atoms with E-state index in [0.29, 0.717) is 10.9 Å². The Kier molecular flexibility index (Phi) is 17.0. The lowest BCUT2D eigenvalue weighted by atomic mass is 10.0. The van der Waals surface area contributed by atoms with Crippen LogP contribution in [0.4, 0.5) is 0 Å². The van der Waals surface area contributed by atoms with E-state index in [9.17, 15) is 19.4 Å². The molecule has 8 nitrogen and oxygen atoms in total. The van der Waals surface area contributed by atoms with Crippen LogP contribution in [-0.2, 0) is 18.4 Å². The van der Waals surface area contributed by atoms with Crippen molar-refractivity contribution in [3.05, 3.63) is 0 Å². The van der Waals surface area contributed by atoms with Gasteiger partial charge in [-0.25, -0.2) is 4.57 Å². The van der Waals surface area contributed by atoms with Crippen LogP contribution in [0, 0.1) is 0 Å². The van der Waals surface area contributed by atoms with Crippen molar-refractivity contribution in [3.8, 4) is 0 Å². The minimum atomic E-state index is -4.53. The quantitative estimate of drug-likeness (QED) is 0.133. The first-order valence-electron chi connectivity index (χ1n) is 11.8. The monoisotopic (exact) mass is 468 g/mol. The zero-order valence-electron chi connectivity index (χ0n) is 20.1. The number of rotatable bonds is 21. The first-order valence-corrected chi connectivity index (χ1v) is 13.3. The number of hydrogen-bond acceptors (Lipinski definition) is 6. The fourth-order valence-electron chi connectivity index (χ4n) is 3.24. The van der Waals surface area contributed by atoms with Crippen LogP contribution >= 0.6 is 7.82 Å². The van der Waals surface area contributed by atoms with Gasteiger partial charge in [-0.05, 0) is 6.42 Å². The molecule has 0 spiro atoms. The number of nitrogens with zero attached hydrogens (tertiary/aromatic N) is 1. The molecule has 0 saturated carbocycles. The topological polar surface area (TPSA) is 113 Å². The van der Waals surface area contributed by atoms with Crippen LogP contribution in [0.15, 0.2) is 0 Å². The van der Waals surface area contributed by atoms with Crippen LogP contribution in [0.25, 0.3) is 0 Å². The molecule has 186 valence electrons. The number of Topliss-reactive ketones (excluding diaryl/α,β-unsaturated/α-hetero) is 1. The molecule has 0 rings (SSSR count). The standard InChI is InChI=1S/C22H46NO7P/c1-5-6-7-8-9-10-11-12-13-14-15-16-21(26)22(17-23(2,3)4)30-31(27,28)29-19-20(25)18-24/h20,22,24-25H,5-19H2,1-4H3/p+1. The highest BCUT2D eigenvalue weighted by atomic mass is 31.2. The van der Waals surface area contributed by atoms with Crippen molar-refractivity contribution in [3.63, 3.8) is 0 Å². The van der Waals surface area contributed by atoms with E-state index >= 15 is 0 Å². The third-order valence-electron chi connectivity index (χ3n) is 5.00. The molecule has 0 radical (unpaired) electrons. The molecule has 3 N–H and O–H groups in total. The summed E-state index contributed by atoms with van der Waals surface area (Å²) in [6.07, 6.45) is 11.0. The largest absolute Gasteiger partial charge is 0.473 e. The van der Waals surface area contributed by atoms with Gasteiger partial charge in [-0.2, -0.15) is 0 Å². The molecule has 0 heterocycles. The van der Waals surface area contributed by atoms with Gasteiger partial charge in [-0.3, -0.25) is 13.8 Å². The minimum Gasteiger partial charge on any atom is -0.394 e. The predicted molar refractivity (Wildman–Crippen MR) is 123 cm³/mol. The normalized spacial score (nSPS) is 16.1. The zero-order chi connectivity index (χ0) is 23.8. The van der Waals surface area contributed by atoms with Gasteiger partial charge >= 0.3 is 7.82 Å². The maximum Gasteiger partial charge on any atom is 0.473 e. The molecular weight excluding hydrogens is 421 g/mol. The first-order chi connectivity index (χ1) is 14.5. The van der Waals surface area contributed by atoms with Gasteiger partial charge in [0.05, 0.1) is 34.4 Å². The maximum atomic E-state index is 12.6. The minimum absolute atomic E-state index is 0.218. The molecule has 0 aliphatic heterocycles. The van der Waals surface area contributed by atoms with Gasteiger partial charge < -0.3 is 19.6 Å². The van der Waals surface area contributed by atoms with Crippen molar-refractivity contribution in [2.24, 2.45) is 0 Å². The van der Waals surface area contributed by atoms with Crippen LogP contribution in [0.3, 0.4) is 0 Å². The SMILES string of the molecule is CCCCCCCCCCCCCC(=O)C(C[N+](C)(C)C)OP(=O)(O)OCC(O)CO. The predicted octanol–water partition coefficient (Wildman–Crippen LogP) is 3.82. The Balaban J connectivity index is 4.28.